The summed E-state index contributed by atoms with van der Waals surface area (Å²) in [5, 5.41) is 15.0. The molecule has 3 aromatic carbocycles. The summed E-state index contributed by atoms with van der Waals surface area (Å²) in [5.74, 6) is 0.524. The minimum Gasteiger partial charge on any atom is -0.497 e. The summed E-state index contributed by atoms with van der Waals surface area (Å²) in [6.45, 7) is 3.62. The average molecular weight is 486 g/mol. The van der Waals surface area contributed by atoms with Crippen LogP contribution >= 0.6 is 0 Å². The monoisotopic (exact) mass is 485 g/mol. The number of carbonyl (C=O) groups excluding carboxylic acids is 2. The van der Waals surface area contributed by atoms with Crippen LogP contribution in [0, 0.1) is 25.2 Å². The lowest BCUT2D eigenvalue weighted by Gasteiger charge is -2.12. The number of nitrogens with zero attached hydrogens (tertiary/aromatic N) is 1. The molecule has 0 unspecified atom stereocenters. The topological polar surface area (TPSA) is 110 Å². The number of amides is 2. The average Bonchev–Trinajstić information content (AvgIpc) is 2.88. The number of aryl methyl sites for hydroxylation is 2. The van der Waals surface area contributed by atoms with E-state index in [4.69, 9.17) is 14.2 Å². The van der Waals surface area contributed by atoms with Gasteiger partial charge in [-0.3, -0.25) is 9.59 Å². The van der Waals surface area contributed by atoms with Crippen LogP contribution in [0.4, 0.5) is 11.4 Å². The molecule has 0 heterocycles. The van der Waals surface area contributed by atoms with Gasteiger partial charge in [-0.1, -0.05) is 23.8 Å². The fourth-order valence-corrected chi connectivity index (χ4v) is 3.37. The number of hydrogen-bond donors (Lipinski definition) is 2. The molecule has 3 rings (SSSR count). The third-order valence-corrected chi connectivity index (χ3v) is 5.23. The summed E-state index contributed by atoms with van der Waals surface area (Å²) in [6, 6.07) is 19.4. The number of ether oxygens (including phenoxy) is 3. The van der Waals surface area contributed by atoms with E-state index in [0.717, 1.165) is 11.1 Å². The molecular weight excluding hydrogens is 458 g/mol. The summed E-state index contributed by atoms with van der Waals surface area (Å²) in [7, 11) is 3.03. The lowest BCUT2D eigenvalue weighted by atomic mass is 10.1. The van der Waals surface area contributed by atoms with Crippen molar-refractivity contribution in [3.63, 3.8) is 0 Å². The molecule has 3 aromatic rings. The predicted octanol–water partition coefficient (Wildman–Crippen LogP) is 4.88. The lowest BCUT2D eigenvalue weighted by Crippen LogP contribution is -2.20. The first-order valence-corrected chi connectivity index (χ1v) is 11.1. The van der Waals surface area contributed by atoms with Crippen molar-refractivity contribution >= 4 is 29.3 Å². The van der Waals surface area contributed by atoms with Gasteiger partial charge in [0, 0.05) is 11.4 Å². The molecule has 8 nitrogen and oxygen atoms in total. The van der Waals surface area contributed by atoms with Gasteiger partial charge in [-0.25, -0.2) is 0 Å². The highest BCUT2D eigenvalue weighted by atomic mass is 16.5. The number of carbonyl (C=O) groups is 2. The van der Waals surface area contributed by atoms with Crippen molar-refractivity contribution in [3.05, 3.63) is 82.9 Å². The molecule has 8 heteroatoms. The second-order valence-corrected chi connectivity index (χ2v) is 7.92. The predicted molar refractivity (Wildman–Crippen MR) is 138 cm³/mol. The van der Waals surface area contributed by atoms with Gasteiger partial charge in [-0.2, -0.15) is 5.26 Å². The van der Waals surface area contributed by atoms with Crippen LogP contribution in [0.25, 0.3) is 6.08 Å². The van der Waals surface area contributed by atoms with Crippen molar-refractivity contribution in [2.24, 2.45) is 0 Å². The van der Waals surface area contributed by atoms with Gasteiger partial charge in [0.2, 0.25) is 0 Å². The molecule has 0 aliphatic heterocycles. The molecular formula is C28H27N3O5. The van der Waals surface area contributed by atoms with Gasteiger partial charge in [-0.15, -0.1) is 0 Å². The van der Waals surface area contributed by atoms with Crippen molar-refractivity contribution in [2.75, 3.05) is 31.5 Å². The summed E-state index contributed by atoms with van der Waals surface area (Å²) < 4.78 is 16.1. The van der Waals surface area contributed by atoms with Crippen LogP contribution in [0.15, 0.2) is 66.2 Å². The molecule has 36 heavy (non-hydrogen) atoms. The van der Waals surface area contributed by atoms with Gasteiger partial charge in [0.15, 0.2) is 18.1 Å². The SMILES string of the molecule is COc1ccc(NC(=O)COc2ccc(/C=C(\C#N)C(=O)Nc3ccc(C)cc3C)cc2OC)cc1. The summed E-state index contributed by atoms with van der Waals surface area (Å²) >= 11 is 0. The summed E-state index contributed by atoms with van der Waals surface area (Å²) in [5.41, 5.74) is 3.73. The van der Waals surface area contributed by atoms with Crippen LogP contribution in [0.2, 0.25) is 0 Å². The molecule has 0 aliphatic rings. The number of nitriles is 1. The maximum Gasteiger partial charge on any atom is 0.266 e. The van der Waals surface area contributed by atoms with Gasteiger partial charge < -0.3 is 24.8 Å². The zero-order valence-electron chi connectivity index (χ0n) is 20.5. The number of hydrogen-bond acceptors (Lipinski definition) is 6. The van der Waals surface area contributed by atoms with E-state index in [-0.39, 0.29) is 18.1 Å². The van der Waals surface area contributed by atoms with E-state index in [1.807, 2.05) is 32.0 Å². The maximum absolute atomic E-state index is 12.7. The highest BCUT2D eigenvalue weighted by molar-refractivity contribution is 6.10. The van der Waals surface area contributed by atoms with Crippen LogP contribution < -0.4 is 24.8 Å². The zero-order valence-corrected chi connectivity index (χ0v) is 20.5. The number of nitrogens with one attached hydrogen (secondary N) is 2. The Balaban J connectivity index is 1.67. The molecule has 184 valence electrons. The molecule has 0 aromatic heterocycles. The van der Waals surface area contributed by atoms with E-state index >= 15 is 0 Å². The molecule has 0 aliphatic carbocycles. The first kappa shape index (κ1) is 25.8. The second kappa shape index (κ2) is 12.1. The molecule has 2 amide bonds. The molecule has 0 atom stereocenters. The molecule has 0 saturated carbocycles. The van der Waals surface area contributed by atoms with Crippen molar-refractivity contribution < 1.29 is 23.8 Å². The van der Waals surface area contributed by atoms with E-state index in [1.54, 1.807) is 55.6 Å². The lowest BCUT2D eigenvalue weighted by molar-refractivity contribution is -0.118. The zero-order chi connectivity index (χ0) is 26.1. The van der Waals surface area contributed by atoms with E-state index < -0.39 is 5.91 Å². The smallest absolute Gasteiger partial charge is 0.266 e. The molecule has 0 saturated heterocycles. The van der Waals surface area contributed by atoms with Crippen LogP contribution in [0.3, 0.4) is 0 Å². The molecule has 2 N–H and O–H groups in total. The van der Waals surface area contributed by atoms with Crippen molar-refractivity contribution in [3.8, 4) is 23.3 Å². The van der Waals surface area contributed by atoms with Crippen LogP contribution in [-0.4, -0.2) is 32.6 Å². The Hall–Kier alpha value is -4.77. The highest BCUT2D eigenvalue weighted by Crippen LogP contribution is 2.29. The van der Waals surface area contributed by atoms with Crippen LogP contribution in [0.1, 0.15) is 16.7 Å². The largest absolute Gasteiger partial charge is 0.497 e. The quantitative estimate of drug-likeness (QED) is 0.330. The van der Waals surface area contributed by atoms with E-state index in [0.29, 0.717) is 34.2 Å². The minimum atomic E-state index is -0.515. The Morgan fingerprint density at radius 1 is 0.917 bits per heavy atom. The molecule has 0 radical (unpaired) electrons. The highest BCUT2D eigenvalue weighted by Gasteiger charge is 2.13. The first-order chi connectivity index (χ1) is 17.3. The number of methoxy groups -OCH3 is 2. The standard InChI is InChI=1S/C28H27N3O5/c1-18-5-11-24(19(2)13-18)31-28(33)21(16-29)14-20-6-12-25(26(15-20)35-4)36-17-27(32)30-22-7-9-23(34-3)10-8-22/h5-15H,17H2,1-4H3,(H,30,32)(H,31,33)/b21-14+. The van der Waals surface area contributed by atoms with Gasteiger partial charge in [0.25, 0.3) is 11.8 Å². The van der Waals surface area contributed by atoms with E-state index in [1.165, 1.54) is 13.2 Å². The Morgan fingerprint density at radius 2 is 1.67 bits per heavy atom. The maximum atomic E-state index is 12.7. The summed E-state index contributed by atoms with van der Waals surface area (Å²) in [6.07, 6.45) is 1.46. The third kappa shape index (κ3) is 6.87. The molecule has 0 bridgehead atoms. The Kier molecular flexibility index (Phi) is 8.68. The number of benzene rings is 3. The minimum absolute atomic E-state index is 0.0652. The fourth-order valence-electron chi connectivity index (χ4n) is 3.37. The van der Waals surface area contributed by atoms with Crippen molar-refractivity contribution in [1.82, 2.24) is 0 Å². The van der Waals surface area contributed by atoms with E-state index in [2.05, 4.69) is 10.6 Å². The molecule has 0 spiro atoms. The summed E-state index contributed by atoms with van der Waals surface area (Å²) in [4.78, 5) is 24.9. The van der Waals surface area contributed by atoms with Crippen LogP contribution in [0.5, 0.6) is 17.2 Å². The van der Waals surface area contributed by atoms with Crippen molar-refractivity contribution in [2.45, 2.75) is 13.8 Å². The Bertz CT molecular complexity index is 1320. The van der Waals surface area contributed by atoms with Crippen LogP contribution in [-0.2, 0) is 9.59 Å². The van der Waals surface area contributed by atoms with E-state index in [9.17, 15) is 14.9 Å². The van der Waals surface area contributed by atoms with Gasteiger partial charge >= 0.3 is 0 Å². The van der Waals surface area contributed by atoms with Gasteiger partial charge in [0.1, 0.15) is 17.4 Å². The van der Waals surface area contributed by atoms with Crippen molar-refractivity contribution in [1.29, 1.82) is 5.26 Å². The van der Waals surface area contributed by atoms with Gasteiger partial charge in [-0.05, 0) is 73.5 Å². The van der Waals surface area contributed by atoms with Gasteiger partial charge in [0.05, 0.1) is 14.2 Å². The number of rotatable bonds is 9. The Morgan fingerprint density at radius 3 is 2.31 bits per heavy atom. The molecule has 0 fully saturated rings. The third-order valence-electron chi connectivity index (χ3n) is 5.23. The normalized spacial score (nSPS) is 10.7. The number of anilines is 2. The Labute approximate surface area is 210 Å². The fraction of sp³-hybridized carbons (Fsp3) is 0.179. The first-order valence-electron chi connectivity index (χ1n) is 11.1. The second-order valence-electron chi connectivity index (χ2n) is 7.92.